The maximum absolute atomic E-state index is 6.04. The van der Waals surface area contributed by atoms with Gasteiger partial charge in [0.1, 0.15) is 0 Å². The van der Waals surface area contributed by atoms with Crippen LogP contribution in [0.1, 0.15) is 12.8 Å². The molecule has 1 aliphatic heterocycles. The van der Waals surface area contributed by atoms with Crippen LogP contribution in [-0.4, -0.2) is 54.1 Å². The Balaban J connectivity index is 0.00000225. The van der Waals surface area contributed by atoms with Crippen molar-refractivity contribution in [2.75, 3.05) is 39.5 Å². The summed E-state index contributed by atoms with van der Waals surface area (Å²) in [6.45, 7) is 5.54. The van der Waals surface area contributed by atoms with Gasteiger partial charge in [0.05, 0.1) is 35.6 Å². The summed E-state index contributed by atoms with van der Waals surface area (Å²) in [5, 5.41) is 5.45. The van der Waals surface area contributed by atoms with Gasteiger partial charge in [0, 0.05) is 25.4 Å². The first-order valence-corrected chi connectivity index (χ1v) is 8.92. The number of halogens is 3. The van der Waals surface area contributed by atoms with E-state index in [-0.39, 0.29) is 12.4 Å². The summed E-state index contributed by atoms with van der Waals surface area (Å²) in [5.41, 5.74) is 0.853. The third-order valence-electron chi connectivity index (χ3n) is 3.95. The maximum atomic E-state index is 6.04. The minimum Gasteiger partial charge on any atom is -0.477 e. The number of aromatic nitrogens is 2. The minimum absolute atomic E-state index is 0. The number of rotatable bonds is 7. The number of morpholine rings is 1. The molecular formula is C17H22Cl3N3O2. The van der Waals surface area contributed by atoms with Crippen LogP contribution >= 0.6 is 35.6 Å². The standard InChI is InChI=1S/C17H21Cl2N3O2.ClH/c18-15-4-3-14(13-16(15)19)22-7-5-17(20-22)24-10-2-1-6-21-8-11-23-12-9-21;/h3-5,7,13H,1-2,6,8-12H2;1H. The Morgan fingerprint density at radius 1 is 1.08 bits per heavy atom. The number of benzene rings is 1. The zero-order chi connectivity index (χ0) is 16.8. The second kappa shape index (κ2) is 10.2. The Bertz CT molecular complexity index is 660. The lowest BCUT2D eigenvalue weighted by Gasteiger charge is -2.26. The van der Waals surface area contributed by atoms with Crippen LogP contribution in [0.5, 0.6) is 5.88 Å². The second-order valence-corrected chi connectivity index (χ2v) is 6.52. The first-order chi connectivity index (χ1) is 11.7. The average Bonchev–Trinajstić information content (AvgIpc) is 3.07. The lowest BCUT2D eigenvalue weighted by molar-refractivity contribution is 0.0367. The highest BCUT2D eigenvalue weighted by Crippen LogP contribution is 2.24. The van der Waals surface area contributed by atoms with E-state index in [1.54, 1.807) is 16.8 Å². The van der Waals surface area contributed by atoms with Crippen molar-refractivity contribution in [3.8, 4) is 11.6 Å². The van der Waals surface area contributed by atoms with E-state index in [0.717, 1.165) is 51.4 Å². The van der Waals surface area contributed by atoms with E-state index in [4.69, 9.17) is 32.7 Å². The molecule has 0 bridgehead atoms. The van der Waals surface area contributed by atoms with E-state index in [9.17, 15) is 0 Å². The molecule has 0 atom stereocenters. The van der Waals surface area contributed by atoms with Gasteiger partial charge in [-0.15, -0.1) is 17.5 Å². The van der Waals surface area contributed by atoms with Crippen LogP contribution in [0.4, 0.5) is 0 Å². The Hall–Kier alpha value is -0.980. The summed E-state index contributed by atoms with van der Waals surface area (Å²) in [7, 11) is 0. The number of ether oxygens (including phenoxy) is 2. The van der Waals surface area contributed by atoms with Crippen molar-refractivity contribution < 1.29 is 9.47 Å². The quantitative estimate of drug-likeness (QED) is 0.649. The third-order valence-corrected chi connectivity index (χ3v) is 4.69. The van der Waals surface area contributed by atoms with Gasteiger partial charge in [-0.1, -0.05) is 23.2 Å². The van der Waals surface area contributed by atoms with Gasteiger partial charge in [0.15, 0.2) is 0 Å². The molecule has 2 aromatic rings. The molecule has 0 radical (unpaired) electrons. The van der Waals surface area contributed by atoms with Gasteiger partial charge in [-0.3, -0.25) is 4.90 Å². The van der Waals surface area contributed by atoms with Gasteiger partial charge in [-0.25, -0.2) is 4.68 Å². The van der Waals surface area contributed by atoms with Crippen molar-refractivity contribution in [2.45, 2.75) is 12.8 Å². The zero-order valence-electron chi connectivity index (χ0n) is 13.9. The molecule has 0 unspecified atom stereocenters. The van der Waals surface area contributed by atoms with Gasteiger partial charge in [0.2, 0.25) is 5.88 Å². The lowest BCUT2D eigenvalue weighted by atomic mass is 10.3. The number of hydrogen-bond acceptors (Lipinski definition) is 4. The number of hydrogen-bond donors (Lipinski definition) is 0. The van der Waals surface area contributed by atoms with E-state index in [1.165, 1.54) is 0 Å². The SMILES string of the molecule is Cl.Clc1ccc(-n2ccc(OCCCCN3CCOCC3)n2)cc1Cl. The van der Waals surface area contributed by atoms with E-state index in [0.29, 0.717) is 22.5 Å². The highest BCUT2D eigenvalue weighted by Gasteiger charge is 2.09. The Labute approximate surface area is 164 Å². The van der Waals surface area contributed by atoms with Gasteiger partial charge in [-0.05, 0) is 37.6 Å². The summed E-state index contributed by atoms with van der Waals surface area (Å²) >= 11 is 12.0. The maximum Gasteiger partial charge on any atom is 0.233 e. The molecule has 0 amide bonds. The smallest absolute Gasteiger partial charge is 0.233 e. The van der Waals surface area contributed by atoms with Crippen molar-refractivity contribution in [1.29, 1.82) is 0 Å². The van der Waals surface area contributed by atoms with Gasteiger partial charge in [-0.2, -0.15) is 0 Å². The molecule has 0 aliphatic carbocycles. The van der Waals surface area contributed by atoms with E-state index in [2.05, 4.69) is 10.00 Å². The summed E-state index contributed by atoms with van der Waals surface area (Å²) in [4.78, 5) is 2.43. The normalized spacial score (nSPS) is 15.0. The predicted molar refractivity (Wildman–Crippen MR) is 103 cm³/mol. The molecule has 1 saturated heterocycles. The van der Waals surface area contributed by atoms with Crippen LogP contribution < -0.4 is 4.74 Å². The van der Waals surface area contributed by atoms with Crippen LogP contribution in [0, 0.1) is 0 Å². The van der Waals surface area contributed by atoms with Crippen LogP contribution in [0.15, 0.2) is 30.5 Å². The van der Waals surface area contributed by atoms with Gasteiger partial charge in [0.25, 0.3) is 0 Å². The van der Waals surface area contributed by atoms with Crippen LogP contribution in [0.25, 0.3) is 5.69 Å². The summed E-state index contributed by atoms with van der Waals surface area (Å²) in [6, 6.07) is 7.26. The van der Waals surface area contributed by atoms with E-state index >= 15 is 0 Å². The molecule has 5 nitrogen and oxygen atoms in total. The average molecular weight is 407 g/mol. The van der Waals surface area contributed by atoms with Crippen molar-refractivity contribution in [2.24, 2.45) is 0 Å². The fourth-order valence-corrected chi connectivity index (χ4v) is 2.89. The van der Waals surface area contributed by atoms with Crippen LogP contribution in [-0.2, 0) is 4.74 Å². The topological polar surface area (TPSA) is 39.5 Å². The van der Waals surface area contributed by atoms with Crippen LogP contribution in [0.3, 0.4) is 0 Å². The van der Waals surface area contributed by atoms with Crippen molar-refractivity contribution in [3.63, 3.8) is 0 Å². The molecule has 1 aliphatic rings. The Kier molecular flexibility index (Phi) is 8.33. The molecule has 1 aromatic heterocycles. The van der Waals surface area contributed by atoms with E-state index < -0.39 is 0 Å². The van der Waals surface area contributed by atoms with Gasteiger partial charge >= 0.3 is 0 Å². The summed E-state index contributed by atoms with van der Waals surface area (Å²) < 4.78 is 12.8. The monoisotopic (exact) mass is 405 g/mol. The lowest BCUT2D eigenvalue weighted by Crippen LogP contribution is -2.36. The molecule has 8 heteroatoms. The molecular weight excluding hydrogens is 385 g/mol. The molecule has 25 heavy (non-hydrogen) atoms. The molecule has 2 heterocycles. The predicted octanol–water partition coefficient (Wildman–Crippen LogP) is 4.09. The Morgan fingerprint density at radius 3 is 2.64 bits per heavy atom. The second-order valence-electron chi connectivity index (χ2n) is 5.71. The summed E-state index contributed by atoms with van der Waals surface area (Å²) in [6.07, 6.45) is 3.98. The molecule has 3 rings (SSSR count). The fourth-order valence-electron chi connectivity index (χ4n) is 2.59. The molecule has 1 aromatic carbocycles. The van der Waals surface area contributed by atoms with Crippen molar-refractivity contribution in [3.05, 3.63) is 40.5 Å². The highest BCUT2D eigenvalue weighted by atomic mass is 35.5. The van der Waals surface area contributed by atoms with Crippen LogP contribution in [0.2, 0.25) is 10.0 Å². The molecule has 138 valence electrons. The highest BCUT2D eigenvalue weighted by molar-refractivity contribution is 6.42. The van der Waals surface area contributed by atoms with Crippen molar-refractivity contribution >= 4 is 35.6 Å². The first kappa shape index (κ1) is 20.3. The van der Waals surface area contributed by atoms with Crippen molar-refractivity contribution in [1.82, 2.24) is 14.7 Å². The largest absolute Gasteiger partial charge is 0.477 e. The summed E-state index contributed by atoms with van der Waals surface area (Å²) in [5.74, 6) is 0.618. The molecule has 0 N–H and O–H groups in total. The third kappa shape index (κ3) is 6.04. The molecule has 1 fully saturated rings. The first-order valence-electron chi connectivity index (χ1n) is 8.16. The minimum atomic E-state index is 0. The Morgan fingerprint density at radius 2 is 1.88 bits per heavy atom. The molecule has 0 saturated carbocycles. The van der Waals surface area contributed by atoms with E-state index in [1.807, 2.05) is 18.3 Å². The number of unbranched alkanes of at least 4 members (excludes halogenated alkanes) is 1. The molecule has 0 spiro atoms. The number of nitrogens with zero attached hydrogens (tertiary/aromatic N) is 3. The van der Waals surface area contributed by atoms with Gasteiger partial charge < -0.3 is 9.47 Å². The zero-order valence-corrected chi connectivity index (χ0v) is 16.2. The fraction of sp³-hybridized carbons (Fsp3) is 0.471.